The molecule has 0 saturated carbocycles. The molecule has 0 radical (unpaired) electrons. The van der Waals surface area contributed by atoms with E-state index in [0.717, 1.165) is 11.0 Å². The molecule has 1 amide bonds. The molecule has 0 saturated heterocycles. The third-order valence-electron chi connectivity index (χ3n) is 3.62. The van der Waals surface area contributed by atoms with Crippen LogP contribution >= 0.6 is 11.8 Å². The SMILES string of the molecule is C=C/C=C\C=C1/CSc2ccc(OCC(=O)NCCOC(=O)C=C)cc2C1=O. The fourth-order valence-electron chi connectivity index (χ4n) is 2.27. The van der Waals surface area contributed by atoms with E-state index in [1.54, 1.807) is 48.2 Å². The fourth-order valence-corrected chi connectivity index (χ4v) is 3.28. The molecule has 0 aliphatic carbocycles. The van der Waals surface area contributed by atoms with Gasteiger partial charge in [-0.05, 0) is 18.2 Å². The van der Waals surface area contributed by atoms with Gasteiger partial charge in [0.1, 0.15) is 12.4 Å². The van der Waals surface area contributed by atoms with E-state index in [-0.39, 0.29) is 31.4 Å². The van der Waals surface area contributed by atoms with Crippen molar-refractivity contribution in [3.63, 3.8) is 0 Å². The lowest BCUT2D eigenvalue weighted by atomic mass is 10.0. The van der Waals surface area contributed by atoms with Gasteiger partial charge in [-0.25, -0.2) is 4.79 Å². The van der Waals surface area contributed by atoms with Crippen LogP contribution in [-0.4, -0.2) is 43.2 Å². The van der Waals surface area contributed by atoms with Gasteiger partial charge in [0.2, 0.25) is 0 Å². The number of thioether (sulfide) groups is 1. The predicted molar refractivity (Wildman–Crippen MR) is 109 cm³/mol. The molecule has 6 nitrogen and oxygen atoms in total. The molecule has 7 heteroatoms. The number of fused-ring (bicyclic) bond motifs is 1. The number of esters is 1. The smallest absolute Gasteiger partial charge is 0.330 e. The third-order valence-corrected chi connectivity index (χ3v) is 4.74. The maximum Gasteiger partial charge on any atom is 0.330 e. The van der Waals surface area contributed by atoms with Gasteiger partial charge in [-0.3, -0.25) is 9.59 Å². The van der Waals surface area contributed by atoms with Gasteiger partial charge in [0.05, 0.1) is 6.54 Å². The molecule has 1 aliphatic rings. The number of hydrogen-bond donors (Lipinski definition) is 1. The summed E-state index contributed by atoms with van der Waals surface area (Å²) >= 11 is 1.58. The van der Waals surface area contributed by atoms with Crippen LogP contribution in [0.2, 0.25) is 0 Å². The number of allylic oxidation sites excluding steroid dienone is 4. The fraction of sp³-hybridized carbons (Fsp3) is 0.190. The number of ether oxygens (including phenoxy) is 2. The van der Waals surface area contributed by atoms with Crippen molar-refractivity contribution in [3.8, 4) is 5.75 Å². The molecule has 2 rings (SSSR count). The topological polar surface area (TPSA) is 81.7 Å². The van der Waals surface area contributed by atoms with Crippen molar-refractivity contribution in [1.29, 1.82) is 0 Å². The quantitative estimate of drug-likeness (QED) is 0.298. The van der Waals surface area contributed by atoms with Crippen molar-refractivity contribution in [3.05, 3.63) is 72.9 Å². The van der Waals surface area contributed by atoms with Crippen molar-refractivity contribution in [2.75, 3.05) is 25.5 Å². The molecule has 1 N–H and O–H groups in total. The zero-order chi connectivity index (χ0) is 20.4. The van der Waals surface area contributed by atoms with E-state index in [2.05, 4.69) is 18.5 Å². The average molecular weight is 399 g/mol. The molecule has 146 valence electrons. The lowest BCUT2D eigenvalue weighted by Gasteiger charge is -2.17. The van der Waals surface area contributed by atoms with Gasteiger partial charge < -0.3 is 14.8 Å². The first-order valence-electron chi connectivity index (χ1n) is 8.53. The molecule has 1 aromatic rings. The number of ketones is 1. The summed E-state index contributed by atoms with van der Waals surface area (Å²) in [4.78, 5) is 36.2. The Kier molecular flexibility index (Phi) is 8.30. The maximum absolute atomic E-state index is 12.6. The molecule has 0 aromatic heterocycles. The molecule has 1 aromatic carbocycles. The van der Waals surface area contributed by atoms with Crippen LogP contribution in [-0.2, 0) is 14.3 Å². The Morgan fingerprint density at radius 1 is 1.25 bits per heavy atom. The van der Waals surface area contributed by atoms with E-state index in [9.17, 15) is 14.4 Å². The van der Waals surface area contributed by atoms with Gasteiger partial charge >= 0.3 is 5.97 Å². The van der Waals surface area contributed by atoms with Gasteiger partial charge in [-0.15, -0.1) is 11.8 Å². The monoisotopic (exact) mass is 399 g/mol. The number of nitrogens with one attached hydrogen (secondary N) is 1. The number of carbonyl (C=O) groups is 3. The predicted octanol–water partition coefficient (Wildman–Crippen LogP) is 2.87. The van der Waals surface area contributed by atoms with Crippen LogP contribution in [0.3, 0.4) is 0 Å². The standard InChI is InChI=1S/C21H21NO5S/c1-3-5-6-7-15-14-28-18-9-8-16(12-17(18)21(15)25)27-13-19(23)22-10-11-26-20(24)4-2/h3-9,12H,1-2,10-11,13-14H2,(H,22,23)/b6-5-,15-7+. The second-order valence-corrected chi connectivity index (χ2v) is 6.62. The van der Waals surface area contributed by atoms with E-state index in [0.29, 0.717) is 22.6 Å². The Labute approximate surface area is 168 Å². The Bertz CT molecular complexity index is 841. The first kappa shape index (κ1) is 21.2. The van der Waals surface area contributed by atoms with Crippen LogP contribution in [0.5, 0.6) is 5.75 Å². The van der Waals surface area contributed by atoms with Crippen LogP contribution in [0.15, 0.2) is 72.2 Å². The van der Waals surface area contributed by atoms with Crippen LogP contribution < -0.4 is 10.1 Å². The van der Waals surface area contributed by atoms with Crippen molar-refractivity contribution in [1.82, 2.24) is 5.32 Å². The van der Waals surface area contributed by atoms with Crippen molar-refractivity contribution in [2.24, 2.45) is 0 Å². The Morgan fingerprint density at radius 2 is 2.07 bits per heavy atom. The Balaban J connectivity index is 1.90. The van der Waals surface area contributed by atoms with Crippen LogP contribution in [0, 0.1) is 0 Å². The largest absolute Gasteiger partial charge is 0.484 e. The summed E-state index contributed by atoms with van der Waals surface area (Å²) in [5, 5.41) is 2.57. The lowest BCUT2D eigenvalue weighted by Crippen LogP contribution is -2.32. The number of benzene rings is 1. The minimum atomic E-state index is -0.546. The molecule has 28 heavy (non-hydrogen) atoms. The van der Waals surface area contributed by atoms with Crippen LogP contribution in [0.4, 0.5) is 0 Å². The molecule has 1 aliphatic heterocycles. The van der Waals surface area contributed by atoms with Gasteiger partial charge in [-0.1, -0.05) is 37.5 Å². The molecular formula is C21H21NO5S. The first-order chi connectivity index (χ1) is 13.5. The minimum absolute atomic E-state index is 0.0522. The van der Waals surface area contributed by atoms with Gasteiger partial charge in [-0.2, -0.15) is 0 Å². The first-order valence-corrected chi connectivity index (χ1v) is 9.52. The average Bonchev–Trinajstić information content (AvgIpc) is 2.71. The van der Waals surface area contributed by atoms with Crippen molar-refractivity contribution >= 4 is 29.4 Å². The summed E-state index contributed by atoms with van der Waals surface area (Å²) in [6, 6.07) is 5.19. The van der Waals surface area contributed by atoms with E-state index in [4.69, 9.17) is 9.47 Å². The number of hydrogen-bond acceptors (Lipinski definition) is 6. The summed E-state index contributed by atoms with van der Waals surface area (Å²) in [6.45, 7) is 6.90. The summed E-state index contributed by atoms with van der Waals surface area (Å²) < 4.78 is 10.2. The summed E-state index contributed by atoms with van der Waals surface area (Å²) in [5.74, 6) is 0.0794. The molecule has 0 fully saturated rings. The second-order valence-electron chi connectivity index (χ2n) is 5.60. The summed E-state index contributed by atoms with van der Waals surface area (Å²) in [6.07, 6.45) is 8.02. The van der Waals surface area contributed by atoms with E-state index < -0.39 is 5.97 Å². The number of Topliss-reactive ketones (excluding diaryl/α,β-unsaturated/α-hetero) is 1. The van der Waals surface area contributed by atoms with Gasteiger partial charge in [0.15, 0.2) is 12.4 Å². The second kappa shape index (κ2) is 10.9. The third kappa shape index (κ3) is 6.28. The highest BCUT2D eigenvalue weighted by atomic mass is 32.2. The highest BCUT2D eigenvalue weighted by Gasteiger charge is 2.22. The van der Waals surface area contributed by atoms with Crippen LogP contribution in [0.25, 0.3) is 0 Å². The lowest BCUT2D eigenvalue weighted by molar-refractivity contribution is -0.138. The Hall–Kier alpha value is -3.06. The van der Waals surface area contributed by atoms with E-state index >= 15 is 0 Å². The summed E-state index contributed by atoms with van der Waals surface area (Å²) in [5.41, 5.74) is 1.25. The number of carbonyl (C=O) groups excluding carboxylic acids is 3. The maximum atomic E-state index is 12.6. The van der Waals surface area contributed by atoms with Crippen molar-refractivity contribution < 1.29 is 23.9 Å². The molecule has 0 unspecified atom stereocenters. The van der Waals surface area contributed by atoms with Gasteiger partial charge in [0.25, 0.3) is 5.91 Å². The Morgan fingerprint density at radius 3 is 2.82 bits per heavy atom. The molecule has 0 bridgehead atoms. The zero-order valence-electron chi connectivity index (χ0n) is 15.3. The highest BCUT2D eigenvalue weighted by Crippen LogP contribution is 2.34. The minimum Gasteiger partial charge on any atom is -0.484 e. The van der Waals surface area contributed by atoms with Crippen LogP contribution in [0.1, 0.15) is 10.4 Å². The van der Waals surface area contributed by atoms with Gasteiger partial charge in [0, 0.05) is 27.9 Å². The molecule has 0 spiro atoms. The number of amides is 1. The molecular weight excluding hydrogens is 378 g/mol. The highest BCUT2D eigenvalue weighted by molar-refractivity contribution is 7.99. The van der Waals surface area contributed by atoms with E-state index in [1.165, 1.54) is 0 Å². The normalized spacial score (nSPS) is 14.4. The molecule has 0 atom stereocenters. The summed E-state index contributed by atoms with van der Waals surface area (Å²) in [7, 11) is 0. The van der Waals surface area contributed by atoms with Crippen molar-refractivity contribution in [2.45, 2.75) is 4.90 Å². The zero-order valence-corrected chi connectivity index (χ0v) is 16.1. The van der Waals surface area contributed by atoms with E-state index in [1.807, 2.05) is 6.07 Å². The molecule has 1 heterocycles. The number of rotatable bonds is 9.